The molecule has 1 aliphatic heterocycles. The molecule has 2 heterocycles. The maximum absolute atomic E-state index is 12.0. The van der Waals surface area contributed by atoms with Crippen LogP contribution in [0.5, 0.6) is 0 Å². The summed E-state index contributed by atoms with van der Waals surface area (Å²) < 4.78 is 9.93. The van der Waals surface area contributed by atoms with E-state index in [4.69, 9.17) is 4.52 Å². The number of ether oxygens (including phenoxy) is 1. The average Bonchev–Trinajstić information content (AvgIpc) is 3.18. The standard InChI is InChI=1S/C16H14N2O4S/c1-21-16(20)8-15-18(14(19)10-23-15)9-12-7-13(22-17-12)11-5-3-2-4-6-11/h2-8H,9-10H2,1H3. The number of hydrogen-bond donors (Lipinski definition) is 0. The Kier molecular flexibility index (Phi) is 4.47. The van der Waals surface area contributed by atoms with Crippen molar-refractivity contribution in [1.29, 1.82) is 0 Å². The van der Waals surface area contributed by atoms with Gasteiger partial charge in [0.1, 0.15) is 5.69 Å². The molecule has 7 heteroatoms. The number of thioether (sulfide) groups is 1. The highest BCUT2D eigenvalue weighted by atomic mass is 32.2. The van der Waals surface area contributed by atoms with Crippen LogP contribution in [0.15, 0.2) is 52.0 Å². The van der Waals surface area contributed by atoms with Crippen LogP contribution in [0.4, 0.5) is 0 Å². The van der Waals surface area contributed by atoms with Gasteiger partial charge in [0.2, 0.25) is 5.91 Å². The fourth-order valence-corrected chi connectivity index (χ4v) is 3.08. The predicted octanol–water partition coefficient (Wildman–Crippen LogP) is 2.43. The zero-order chi connectivity index (χ0) is 16.2. The van der Waals surface area contributed by atoms with Crippen molar-refractivity contribution >= 4 is 23.6 Å². The third-order valence-corrected chi connectivity index (χ3v) is 4.32. The number of nitrogens with zero attached hydrogens (tertiary/aromatic N) is 2. The lowest BCUT2D eigenvalue weighted by atomic mass is 10.1. The Morgan fingerprint density at radius 3 is 2.96 bits per heavy atom. The van der Waals surface area contributed by atoms with Gasteiger partial charge in [-0.3, -0.25) is 9.69 Å². The summed E-state index contributed by atoms with van der Waals surface area (Å²) in [6.07, 6.45) is 1.31. The summed E-state index contributed by atoms with van der Waals surface area (Å²) in [5.41, 5.74) is 1.54. The van der Waals surface area contributed by atoms with E-state index in [1.807, 2.05) is 30.3 Å². The van der Waals surface area contributed by atoms with Gasteiger partial charge >= 0.3 is 5.97 Å². The minimum Gasteiger partial charge on any atom is -0.466 e. The largest absolute Gasteiger partial charge is 0.466 e. The van der Waals surface area contributed by atoms with Gasteiger partial charge < -0.3 is 9.26 Å². The molecule has 1 aromatic heterocycles. The van der Waals surface area contributed by atoms with Gasteiger partial charge in [-0.15, -0.1) is 0 Å². The third-order valence-electron chi connectivity index (χ3n) is 3.29. The predicted molar refractivity (Wildman–Crippen MR) is 85.0 cm³/mol. The van der Waals surface area contributed by atoms with Crippen LogP contribution in [0.2, 0.25) is 0 Å². The van der Waals surface area contributed by atoms with E-state index in [-0.39, 0.29) is 12.5 Å². The second-order valence-electron chi connectivity index (χ2n) is 4.82. The highest BCUT2D eigenvalue weighted by molar-refractivity contribution is 8.04. The van der Waals surface area contributed by atoms with Crippen molar-refractivity contribution in [2.75, 3.05) is 12.9 Å². The van der Waals surface area contributed by atoms with E-state index in [1.54, 1.807) is 6.07 Å². The second-order valence-corrected chi connectivity index (χ2v) is 5.82. The SMILES string of the molecule is COC(=O)C=C1SCC(=O)N1Cc1cc(-c2ccccc2)on1. The molecule has 0 bridgehead atoms. The number of methoxy groups -OCH3 is 1. The molecular weight excluding hydrogens is 316 g/mol. The highest BCUT2D eigenvalue weighted by Crippen LogP contribution is 2.31. The summed E-state index contributed by atoms with van der Waals surface area (Å²) in [4.78, 5) is 24.9. The second kappa shape index (κ2) is 6.70. The number of carbonyl (C=O) groups excluding carboxylic acids is 2. The Morgan fingerprint density at radius 1 is 1.43 bits per heavy atom. The monoisotopic (exact) mass is 330 g/mol. The van der Waals surface area contributed by atoms with Gasteiger partial charge in [-0.25, -0.2) is 4.79 Å². The molecule has 118 valence electrons. The number of benzene rings is 1. The Bertz CT molecular complexity index is 754. The maximum Gasteiger partial charge on any atom is 0.333 e. The van der Waals surface area contributed by atoms with Gasteiger partial charge in [0.25, 0.3) is 0 Å². The summed E-state index contributed by atoms with van der Waals surface area (Å²) >= 11 is 1.30. The molecule has 1 fully saturated rings. The van der Waals surface area contributed by atoms with Crippen LogP contribution < -0.4 is 0 Å². The fourth-order valence-electron chi connectivity index (χ4n) is 2.15. The molecular formula is C16H14N2O4S. The van der Waals surface area contributed by atoms with Gasteiger partial charge in [0.15, 0.2) is 5.76 Å². The van der Waals surface area contributed by atoms with E-state index in [9.17, 15) is 9.59 Å². The van der Waals surface area contributed by atoms with Gasteiger partial charge in [-0.1, -0.05) is 47.3 Å². The van der Waals surface area contributed by atoms with Gasteiger partial charge in [0, 0.05) is 11.6 Å². The average molecular weight is 330 g/mol. The normalized spacial score (nSPS) is 16.1. The summed E-state index contributed by atoms with van der Waals surface area (Å²) in [7, 11) is 1.30. The van der Waals surface area contributed by atoms with Crippen LogP contribution in [0, 0.1) is 0 Å². The summed E-state index contributed by atoms with van der Waals surface area (Å²) in [5, 5.41) is 4.56. The molecule has 1 aromatic carbocycles. The molecule has 0 unspecified atom stereocenters. The highest BCUT2D eigenvalue weighted by Gasteiger charge is 2.28. The fraction of sp³-hybridized carbons (Fsp3) is 0.188. The van der Waals surface area contributed by atoms with E-state index in [1.165, 1.54) is 29.8 Å². The van der Waals surface area contributed by atoms with E-state index in [0.29, 0.717) is 22.2 Å². The Balaban J connectivity index is 1.78. The van der Waals surface area contributed by atoms with Crippen LogP contribution in [0.25, 0.3) is 11.3 Å². The molecule has 1 saturated heterocycles. The van der Waals surface area contributed by atoms with Crippen LogP contribution in [0.1, 0.15) is 5.69 Å². The van der Waals surface area contributed by atoms with E-state index >= 15 is 0 Å². The van der Waals surface area contributed by atoms with Crippen molar-refractivity contribution < 1.29 is 18.8 Å². The van der Waals surface area contributed by atoms with Gasteiger partial charge in [0.05, 0.1) is 30.5 Å². The summed E-state index contributed by atoms with van der Waals surface area (Å²) in [5.74, 6) is 0.372. The lowest BCUT2D eigenvalue weighted by Crippen LogP contribution is -2.24. The van der Waals surface area contributed by atoms with Crippen molar-refractivity contribution in [2.24, 2.45) is 0 Å². The number of aromatic nitrogens is 1. The van der Waals surface area contributed by atoms with Gasteiger partial charge in [-0.05, 0) is 0 Å². The zero-order valence-electron chi connectivity index (χ0n) is 12.4. The molecule has 1 amide bonds. The summed E-state index contributed by atoms with van der Waals surface area (Å²) in [6.45, 7) is 0.255. The van der Waals surface area contributed by atoms with Crippen LogP contribution in [-0.4, -0.2) is 34.8 Å². The first-order valence-corrected chi connectivity index (χ1v) is 7.90. The van der Waals surface area contributed by atoms with Crippen molar-refractivity contribution in [3.8, 4) is 11.3 Å². The number of amides is 1. The molecule has 6 nitrogen and oxygen atoms in total. The van der Waals surface area contributed by atoms with E-state index < -0.39 is 5.97 Å². The Morgan fingerprint density at radius 2 is 2.22 bits per heavy atom. The molecule has 23 heavy (non-hydrogen) atoms. The first-order valence-electron chi connectivity index (χ1n) is 6.91. The van der Waals surface area contributed by atoms with Crippen molar-refractivity contribution in [3.63, 3.8) is 0 Å². The first kappa shape index (κ1) is 15.4. The number of carbonyl (C=O) groups is 2. The van der Waals surface area contributed by atoms with Crippen molar-refractivity contribution in [2.45, 2.75) is 6.54 Å². The number of esters is 1. The lowest BCUT2D eigenvalue weighted by molar-refractivity contribution is -0.134. The zero-order valence-corrected chi connectivity index (χ0v) is 13.2. The van der Waals surface area contributed by atoms with Crippen molar-refractivity contribution in [3.05, 3.63) is 53.2 Å². The first-order chi connectivity index (χ1) is 11.2. The van der Waals surface area contributed by atoms with Crippen LogP contribution >= 0.6 is 11.8 Å². The molecule has 1 aliphatic rings. The van der Waals surface area contributed by atoms with Crippen LogP contribution in [-0.2, 0) is 20.9 Å². The van der Waals surface area contributed by atoms with Crippen LogP contribution in [0.3, 0.4) is 0 Å². The molecule has 0 saturated carbocycles. The Hall–Kier alpha value is -2.54. The quantitative estimate of drug-likeness (QED) is 0.633. The molecule has 3 rings (SSSR count). The molecule has 0 aliphatic carbocycles. The maximum atomic E-state index is 12.0. The van der Waals surface area contributed by atoms with Gasteiger partial charge in [-0.2, -0.15) is 0 Å². The smallest absolute Gasteiger partial charge is 0.333 e. The minimum atomic E-state index is -0.489. The molecule has 0 radical (unpaired) electrons. The topological polar surface area (TPSA) is 72.6 Å². The Labute approximate surface area is 137 Å². The lowest BCUT2D eigenvalue weighted by Gasteiger charge is -2.14. The summed E-state index contributed by atoms with van der Waals surface area (Å²) in [6, 6.07) is 11.4. The van der Waals surface area contributed by atoms with E-state index in [0.717, 1.165) is 5.56 Å². The number of hydrogen-bond acceptors (Lipinski definition) is 6. The molecule has 0 spiro atoms. The molecule has 0 N–H and O–H groups in total. The number of rotatable bonds is 4. The van der Waals surface area contributed by atoms with E-state index in [2.05, 4.69) is 9.89 Å². The molecule has 0 atom stereocenters. The van der Waals surface area contributed by atoms with Crippen molar-refractivity contribution in [1.82, 2.24) is 10.1 Å². The molecule has 2 aromatic rings. The third kappa shape index (κ3) is 3.45. The minimum absolute atomic E-state index is 0.0746.